The minimum Gasteiger partial charge on any atom is -0.291 e. The summed E-state index contributed by atoms with van der Waals surface area (Å²) in [5.41, 5.74) is 0.122. The number of imidazole rings is 1. The summed E-state index contributed by atoms with van der Waals surface area (Å²) in [5.74, 6) is 0.484. The van der Waals surface area contributed by atoms with E-state index in [-0.39, 0.29) is 0 Å². The number of fused-ring (bicyclic) bond motifs is 1. The quantitative estimate of drug-likeness (QED) is 0.678. The molecular formula is C12H7F3N4. The highest BCUT2D eigenvalue weighted by Gasteiger charge is 2.32. The van der Waals surface area contributed by atoms with Crippen molar-refractivity contribution in [2.45, 2.75) is 6.18 Å². The Bertz CT molecular complexity index is 683. The Balaban J connectivity index is 2.02. The van der Waals surface area contributed by atoms with Crippen LogP contribution in [0.5, 0.6) is 0 Å². The van der Waals surface area contributed by atoms with Crippen molar-refractivity contribution in [2.24, 2.45) is 0 Å². The Morgan fingerprint density at radius 3 is 2.58 bits per heavy atom. The molecule has 3 aromatic heterocycles. The largest absolute Gasteiger partial charge is 0.433 e. The van der Waals surface area contributed by atoms with Crippen LogP contribution in [0.3, 0.4) is 0 Å². The van der Waals surface area contributed by atoms with Crippen LogP contribution in [-0.2, 0) is 6.18 Å². The molecule has 0 N–H and O–H groups in total. The summed E-state index contributed by atoms with van der Waals surface area (Å²) in [6.45, 7) is 0. The highest BCUT2D eigenvalue weighted by Crippen LogP contribution is 2.28. The zero-order valence-corrected chi connectivity index (χ0v) is 9.46. The highest BCUT2D eigenvalue weighted by molar-refractivity contribution is 5.60. The van der Waals surface area contributed by atoms with Gasteiger partial charge in [-0.3, -0.25) is 9.38 Å². The molecule has 96 valence electrons. The lowest BCUT2D eigenvalue weighted by Gasteiger charge is -2.05. The maximum atomic E-state index is 12.4. The topological polar surface area (TPSA) is 43.1 Å². The van der Waals surface area contributed by atoms with E-state index in [4.69, 9.17) is 0 Å². The number of hydrogen-bond donors (Lipinski definition) is 0. The van der Waals surface area contributed by atoms with Gasteiger partial charge >= 0.3 is 6.18 Å². The number of alkyl halides is 3. The number of aromatic nitrogens is 4. The van der Waals surface area contributed by atoms with Crippen LogP contribution in [0.15, 0.2) is 43.0 Å². The number of halogens is 3. The standard InChI is InChI=1S/C12H7F3N4/c13-12(14,15)10-3-2-8(6-17-10)9-7-19-5-1-4-16-11(19)18-9/h1-7H. The molecule has 0 aliphatic carbocycles. The molecule has 0 atom stereocenters. The molecule has 0 amide bonds. The lowest BCUT2D eigenvalue weighted by atomic mass is 10.2. The molecule has 4 nitrogen and oxygen atoms in total. The Morgan fingerprint density at radius 2 is 1.95 bits per heavy atom. The Labute approximate surface area is 105 Å². The molecular weight excluding hydrogens is 257 g/mol. The zero-order valence-electron chi connectivity index (χ0n) is 9.46. The van der Waals surface area contributed by atoms with E-state index in [1.807, 2.05) is 0 Å². The van der Waals surface area contributed by atoms with Gasteiger partial charge in [0.1, 0.15) is 5.69 Å². The first-order valence-electron chi connectivity index (χ1n) is 5.37. The minimum atomic E-state index is -4.43. The summed E-state index contributed by atoms with van der Waals surface area (Å²) in [6.07, 6.45) is 1.77. The van der Waals surface area contributed by atoms with Gasteiger partial charge in [-0.15, -0.1) is 0 Å². The van der Waals surface area contributed by atoms with Crippen molar-refractivity contribution in [3.05, 3.63) is 48.7 Å². The fourth-order valence-corrected chi connectivity index (χ4v) is 1.68. The van der Waals surface area contributed by atoms with Crippen LogP contribution < -0.4 is 0 Å². The second kappa shape index (κ2) is 4.04. The minimum absolute atomic E-state index is 0.484. The molecule has 0 aliphatic rings. The van der Waals surface area contributed by atoms with Gasteiger partial charge in [0.15, 0.2) is 0 Å². The van der Waals surface area contributed by atoms with Gasteiger partial charge in [-0.1, -0.05) is 0 Å². The molecule has 0 aliphatic heterocycles. The molecule has 0 radical (unpaired) electrons. The molecule has 0 saturated carbocycles. The lowest BCUT2D eigenvalue weighted by Crippen LogP contribution is -2.07. The molecule has 19 heavy (non-hydrogen) atoms. The van der Waals surface area contributed by atoms with Crippen LogP contribution in [-0.4, -0.2) is 19.4 Å². The monoisotopic (exact) mass is 264 g/mol. The van der Waals surface area contributed by atoms with Gasteiger partial charge in [-0.05, 0) is 18.2 Å². The summed E-state index contributed by atoms with van der Waals surface area (Å²) in [5, 5.41) is 0. The van der Waals surface area contributed by atoms with Crippen LogP contribution in [0.1, 0.15) is 5.69 Å². The maximum Gasteiger partial charge on any atom is 0.433 e. The smallest absolute Gasteiger partial charge is 0.291 e. The molecule has 0 aromatic carbocycles. The number of rotatable bonds is 1. The maximum absolute atomic E-state index is 12.4. The third-order valence-electron chi connectivity index (χ3n) is 2.59. The molecule has 0 fully saturated rings. The van der Waals surface area contributed by atoms with Crippen LogP contribution >= 0.6 is 0 Å². The Hall–Kier alpha value is -2.44. The van der Waals surface area contributed by atoms with Gasteiger partial charge in [-0.2, -0.15) is 13.2 Å². The number of pyridine rings is 1. The molecule has 0 saturated heterocycles. The van der Waals surface area contributed by atoms with Crippen molar-refractivity contribution >= 4 is 5.78 Å². The summed E-state index contributed by atoms with van der Waals surface area (Å²) in [7, 11) is 0. The van der Waals surface area contributed by atoms with E-state index in [1.165, 1.54) is 6.07 Å². The average Bonchev–Trinajstić information content (AvgIpc) is 2.81. The molecule has 0 unspecified atom stereocenters. The van der Waals surface area contributed by atoms with E-state index in [9.17, 15) is 13.2 Å². The van der Waals surface area contributed by atoms with Crippen molar-refractivity contribution in [1.82, 2.24) is 19.4 Å². The van der Waals surface area contributed by atoms with E-state index in [0.717, 1.165) is 12.3 Å². The zero-order chi connectivity index (χ0) is 13.5. The first-order valence-corrected chi connectivity index (χ1v) is 5.37. The average molecular weight is 264 g/mol. The third-order valence-corrected chi connectivity index (χ3v) is 2.59. The van der Waals surface area contributed by atoms with Crippen molar-refractivity contribution in [1.29, 1.82) is 0 Å². The van der Waals surface area contributed by atoms with E-state index in [0.29, 0.717) is 17.0 Å². The lowest BCUT2D eigenvalue weighted by molar-refractivity contribution is -0.141. The van der Waals surface area contributed by atoms with Gasteiger partial charge in [0.2, 0.25) is 5.78 Å². The van der Waals surface area contributed by atoms with Gasteiger partial charge in [0, 0.05) is 30.4 Å². The van der Waals surface area contributed by atoms with Gasteiger partial charge in [0.25, 0.3) is 0 Å². The van der Waals surface area contributed by atoms with Gasteiger partial charge in [0.05, 0.1) is 5.69 Å². The van der Waals surface area contributed by atoms with Gasteiger partial charge < -0.3 is 0 Å². The van der Waals surface area contributed by atoms with E-state index >= 15 is 0 Å². The van der Waals surface area contributed by atoms with Crippen LogP contribution in [0, 0.1) is 0 Å². The molecule has 3 aromatic rings. The first kappa shape index (κ1) is 11.6. The van der Waals surface area contributed by atoms with Crippen molar-refractivity contribution in [3.63, 3.8) is 0 Å². The number of hydrogen-bond acceptors (Lipinski definition) is 3. The summed E-state index contributed by atoms with van der Waals surface area (Å²) in [6, 6.07) is 4.02. The van der Waals surface area contributed by atoms with Gasteiger partial charge in [-0.25, -0.2) is 9.97 Å². The number of nitrogens with zero attached hydrogens (tertiary/aromatic N) is 4. The summed E-state index contributed by atoms with van der Waals surface area (Å²) in [4.78, 5) is 11.6. The second-order valence-electron chi connectivity index (χ2n) is 3.88. The van der Waals surface area contributed by atoms with Crippen LogP contribution in [0.25, 0.3) is 17.0 Å². The third kappa shape index (κ3) is 2.14. The SMILES string of the molecule is FC(F)(F)c1ccc(-c2cn3cccnc3n2)cn1. The predicted octanol–water partition coefficient (Wildman–Crippen LogP) is 2.81. The molecule has 7 heteroatoms. The second-order valence-corrected chi connectivity index (χ2v) is 3.88. The van der Waals surface area contributed by atoms with E-state index < -0.39 is 11.9 Å². The molecule has 3 heterocycles. The van der Waals surface area contributed by atoms with Crippen molar-refractivity contribution in [2.75, 3.05) is 0 Å². The molecule has 0 bridgehead atoms. The summed E-state index contributed by atoms with van der Waals surface area (Å²) < 4.78 is 38.9. The normalized spacial score (nSPS) is 11.9. The van der Waals surface area contributed by atoms with E-state index in [2.05, 4.69) is 15.0 Å². The fraction of sp³-hybridized carbons (Fsp3) is 0.0833. The summed E-state index contributed by atoms with van der Waals surface area (Å²) >= 11 is 0. The van der Waals surface area contributed by atoms with Crippen molar-refractivity contribution < 1.29 is 13.2 Å². The highest BCUT2D eigenvalue weighted by atomic mass is 19.4. The molecule has 3 rings (SSSR count). The van der Waals surface area contributed by atoms with Crippen molar-refractivity contribution in [3.8, 4) is 11.3 Å². The van der Waals surface area contributed by atoms with Crippen LogP contribution in [0.2, 0.25) is 0 Å². The Kier molecular flexibility index (Phi) is 2.48. The Morgan fingerprint density at radius 1 is 1.11 bits per heavy atom. The molecule has 0 spiro atoms. The fourth-order valence-electron chi connectivity index (χ4n) is 1.68. The van der Waals surface area contributed by atoms with Crippen LogP contribution in [0.4, 0.5) is 13.2 Å². The predicted molar refractivity (Wildman–Crippen MR) is 61.2 cm³/mol. The first-order chi connectivity index (χ1) is 9.04. The van der Waals surface area contributed by atoms with E-state index in [1.54, 1.807) is 29.1 Å².